The summed E-state index contributed by atoms with van der Waals surface area (Å²) in [5, 5.41) is 14.5. The molecule has 0 saturated carbocycles. The van der Waals surface area contributed by atoms with E-state index in [0.717, 1.165) is 24.5 Å². The molecule has 144 valence electrons. The number of rotatable bonds is 6. The van der Waals surface area contributed by atoms with Crippen molar-refractivity contribution in [3.63, 3.8) is 0 Å². The van der Waals surface area contributed by atoms with Gasteiger partial charge in [-0.05, 0) is 49.6 Å². The number of nitrogens with zero attached hydrogens (tertiary/aromatic N) is 2. The minimum Gasteiger partial charge on any atom is -0.373 e. The maximum absolute atomic E-state index is 13.1. The Balaban J connectivity index is 1.90. The molecule has 3 rings (SSSR count). The zero-order chi connectivity index (χ0) is 19.6. The van der Waals surface area contributed by atoms with E-state index < -0.39 is 14.9 Å². The minimum atomic E-state index is -3.74. The number of sulfonamides is 1. The Kier molecular flexibility index (Phi) is 5.43. The number of hydrogen-bond acceptors (Lipinski definition) is 5. The standard InChI is InChI=1S/C18H20FN3O4S/c1-13(14-4-6-15(19)7-5-14)20-17-9-8-16(12-18(17)22(23)24)27(25,26)21-10-2-3-11-21/h4-9,12-13,20H,2-3,10-11H2,1H3. The fraction of sp³-hybridized carbons (Fsp3) is 0.333. The molecule has 2 aromatic rings. The molecule has 1 heterocycles. The van der Waals surface area contributed by atoms with Gasteiger partial charge in [0.2, 0.25) is 10.0 Å². The number of benzene rings is 2. The van der Waals surface area contributed by atoms with E-state index in [4.69, 9.17) is 0 Å². The summed E-state index contributed by atoms with van der Waals surface area (Å²) < 4.78 is 39.7. The van der Waals surface area contributed by atoms with Crippen LogP contribution in [0, 0.1) is 15.9 Å². The monoisotopic (exact) mass is 393 g/mol. The zero-order valence-electron chi connectivity index (χ0n) is 14.8. The summed E-state index contributed by atoms with van der Waals surface area (Å²) in [6.45, 7) is 2.64. The Hall–Kier alpha value is -2.52. The van der Waals surface area contributed by atoms with Crippen molar-refractivity contribution in [1.29, 1.82) is 0 Å². The number of anilines is 1. The third-order valence-corrected chi connectivity index (χ3v) is 6.51. The van der Waals surface area contributed by atoms with Crippen LogP contribution in [0.5, 0.6) is 0 Å². The molecule has 1 N–H and O–H groups in total. The zero-order valence-corrected chi connectivity index (χ0v) is 15.6. The lowest BCUT2D eigenvalue weighted by atomic mass is 10.1. The number of nitro groups is 1. The van der Waals surface area contributed by atoms with Crippen molar-refractivity contribution in [2.45, 2.75) is 30.7 Å². The van der Waals surface area contributed by atoms with Gasteiger partial charge in [0.15, 0.2) is 0 Å². The van der Waals surface area contributed by atoms with Gasteiger partial charge in [-0.1, -0.05) is 12.1 Å². The molecule has 1 unspecified atom stereocenters. The highest BCUT2D eigenvalue weighted by Crippen LogP contribution is 2.32. The molecule has 0 spiro atoms. The quantitative estimate of drug-likeness (QED) is 0.597. The Morgan fingerprint density at radius 1 is 1.15 bits per heavy atom. The number of hydrogen-bond donors (Lipinski definition) is 1. The maximum Gasteiger partial charge on any atom is 0.293 e. The van der Waals surface area contributed by atoms with Gasteiger partial charge in [-0.25, -0.2) is 12.8 Å². The fourth-order valence-corrected chi connectivity index (χ4v) is 4.63. The molecule has 1 saturated heterocycles. The van der Waals surface area contributed by atoms with Gasteiger partial charge < -0.3 is 5.32 Å². The lowest BCUT2D eigenvalue weighted by Crippen LogP contribution is -2.27. The second-order valence-electron chi connectivity index (χ2n) is 6.46. The van der Waals surface area contributed by atoms with Crippen molar-refractivity contribution in [1.82, 2.24) is 4.31 Å². The molecule has 7 nitrogen and oxygen atoms in total. The number of nitrogens with one attached hydrogen (secondary N) is 1. The first kappa shape index (κ1) is 19.2. The van der Waals surface area contributed by atoms with Gasteiger partial charge in [-0.15, -0.1) is 0 Å². The summed E-state index contributed by atoms with van der Waals surface area (Å²) in [4.78, 5) is 10.8. The molecule has 0 radical (unpaired) electrons. The summed E-state index contributed by atoms with van der Waals surface area (Å²) in [7, 11) is -3.74. The minimum absolute atomic E-state index is 0.0870. The van der Waals surface area contributed by atoms with E-state index in [9.17, 15) is 22.9 Å². The largest absolute Gasteiger partial charge is 0.373 e. The molecule has 2 aromatic carbocycles. The van der Waals surface area contributed by atoms with E-state index in [0.29, 0.717) is 13.1 Å². The lowest BCUT2D eigenvalue weighted by Gasteiger charge is -2.18. The van der Waals surface area contributed by atoms with E-state index in [1.165, 1.54) is 28.6 Å². The highest BCUT2D eigenvalue weighted by atomic mass is 32.2. The summed E-state index contributed by atoms with van der Waals surface area (Å²) in [6.07, 6.45) is 1.58. The first-order valence-electron chi connectivity index (χ1n) is 8.59. The fourth-order valence-electron chi connectivity index (χ4n) is 3.09. The molecule has 0 amide bonds. The molecule has 0 aromatic heterocycles. The molecule has 0 aliphatic carbocycles. The molecule has 1 fully saturated rings. The van der Waals surface area contributed by atoms with Crippen LogP contribution >= 0.6 is 0 Å². The van der Waals surface area contributed by atoms with E-state index in [-0.39, 0.29) is 28.1 Å². The second-order valence-corrected chi connectivity index (χ2v) is 8.40. The summed E-state index contributed by atoms with van der Waals surface area (Å²) >= 11 is 0. The van der Waals surface area contributed by atoms with Crippen LogP contribution in [0.3, 0.4) is 0 Å². The topological polar surface area (TPSA) is 92.6 Å². The molecule has 27 heavy (non-hydrogen) atoms. The van der Waals surface area contributed by atoms with Crippen LogP contribution < -0.4 is 5.32 Å². The molecule has 1 aliphatic heterocycles. The Labute approximate surface area is 157 Å². The average molecular weight is 393 g/mol. The van der Waals surface area contributed by atoms with Gasteiger partial charge in [0.25, 0.3) is 5.69 Å². The predicted molar refractivity (Wildman–Crippen MR) is 99.5 cm³/mol. The van der Waals surface area contributed by atoms with Gasteiger partial charge in [-0.2, -0.15) is 4.31 Å². The predicted octanol–water partition coefficient (Wildman–Crippen LogP) is 3.69. The first-order chi connectivity index (χ1) is 12.8. The van der Waals surface area contributed by atoms with Crippen molar-refractivity contribution in [2.75, 3.05) is 18.4 Å². The normalized spacial score (nSPS) is 16.2. The van der Waals surface area contributed by atoms with Gasteiger partial charge in [0.05, 0.1) is 9.82 Å². The van der Waals surface area contributed by atoms with Crippen molar-refractivity contribution in [2.24, 2.45) is 0 Å². The molecular formula is C18H20FN3O4S. The van der Waals surface area contributed by atoms with Crippen LogP contribution in [0.1, 0.15) is 31.4 Å². The van der Waals surface area contributed by atoms with Crippen molar-refractivity contribution in [3.05, 3.63) is 64.0 Å². The molecular weight excluding hydrogens is 373 g/mol. The SMILES string of the molecule is CC(Nc1ccc(S(=O)(=O)N2CCCC2)cc1[N+](=O)[O-])c1ccc(F)cc1. The van der Waals surface area contributed by atoms with Crippen LogP contribution in [0.2, 0.25) is 0 Å². The molecule has 0 bridgehead atoms. The van der Waals surface area contributed by atoms with Crippen molar-refractivity contribution in [3.8, 4) is 0 Å². The average Bonchev–Trinajstić information content (AvgIpc) is 3.17. The van der Waals surface area contributed by atoms with Gasteiger partial charge in [0, 0.05) is 25.2 Å². The highest BCUT2D eigenvalue weighted by Gasteiger charge is 2.29. The Morgan fingerprint density at radius 3 is 2.37 bits per heavy atom. The van der Waals surface area contributed by atoms with Crippen LogP contribution in [0.15, 0.2) is 47.4 Å². The number of nitro benzene ring substituents is 1. The summed E-state index contributed by atoms with van der Waals surface area (Å²) in [5.41, 5.74) is 0.640. The van der Waals surface area contributed by atoms with Gasteiger partial charge >= 0.3 is 0 Å². The molecule has 1 aliphatic rings. The third kappa shape index (κ3) is 4.09. The van der Waals surface area contributed by atoms with Crippen LogP contribution in [0.4, 0.5) is 15.8 Å². The van der Waals surface area contributed by atoms with Gasteiger partial charge in [0.1, 0.15) is 11.5 Å². The second kappa shape index (κ2) is 7.61. The molecule has 1 atom stereocenters. The van der Waals surface area contributed by atoms with E-state index in [1.54, 1.807) is 19.1 Å². The van der Waals surface area contributed by atoms with Crippen LogP contribution in [0.25, 0.3) is 0 Å². The Morgan fingerprint density at radius 2 is 1.78 bits per heavy atom. The summed E-state index contributed by atoms with van der Waals surface area (Å²) in [6, 6.07) is 9.34. The van der Waals surface area contributed by atoms with Crippen LogP contribution in [-0.2, 0) is 10.0 Å². The van der Waals surface area contributed by atoms with E-state index in [1.807, 2.05) is 0 Å². The highest BCUT2D eigenvalue weighted by molar-refractivity contribution is 7.89. The third-order valence-electron chi connectivity index (χ3n) is 4.61. The first-order valence-corrected chi connectivity index (χ1v) is 10.0. The smallest absolute Gasteiger partial charge is 0.293 e. The van der Waals surface area contributed by atoms with Crippen molar-refractivity contribution >= 4 is 21.4 Å². The van der Waals surface area contributed by atoms with Crippen LogP contribution in [-0.4, -0.2) is 30.7 Å². The number of halogens is 1. The van der Waals surface area contributed by atoms with Gasteiger partial charge in [-0.3, -0.25) is 10.1 Å². The lowest BCUT2D eigenvalue weighted by molar-refractivity contribution is -0.384. The van der Waals surface area contributed by atoms with E-state index in [2.05, 4.69) is 5.32 Å². The summed E-state index contributed by atoms with van der Waals surface area (Å²) in [5.74, 6) is -0.367. The Bertz CT molecular complexity index is 942. The molecule has 9 heteroatoms. The maximum atomic E-state index is 13.1. The van der Waals surface area contributed by atoms with Crippen molar-refractivity contribution < 1.29 is 17.7 Å². The van der Waals surface area contributed by atoms with E-state index >= 15 is 0 Å².